The van der Waals surface area contributed by atoms with Crippen molar-refractivity contribution in [1.82, 2.24) is 0 Å². The Bertz CT molecular complexity index is 1380. The second-order valence-electron chi connectivity index (χ2n) is 7.57. The highest BCUT2D eigenvalue weighted by molar-refractivity contribution is 6.02. The van der Waals surface area contributed by atoms with Crippen LogP contribution in [-0.2, 0) is 6.54 Å². The molecule has 0 unspecified atom stereocenters. The fourth-order valence-electron chi connectivity index (χ4n) is 3.89. The summed E-state index contributed by atoms with van der Waals surface area (Å²) in [5.74, 6) is -0.0982. The Balaban J connectivity index is 1.53. The van der Waals surface area contributed by atoms with Crippen molar-refractivity contribution in [3.05, 3.63) is 121 Å². The number of carbonyl (C=O) groups is 2. The Morgan fingerprint density at radius 1 is 0.719 bits per heavy atom. The highest BCUT2D eigenvalue weighted by Crippen LogP contribution is 2.30. The van der Waals surface area contributed by atoms with Gasteiger partial charge in [-0.05, 0) is 34.7 Å². The van der Waals surface area contributed by atoms with Crippen LogP contribution in [0.1, 0.15) is 20.8 Å². The van der Waals surface area contributed by atoms with Crippen LogP contribution >= 0.6 is 0 Å². The molecular formula is C28H20NO3+. The lowest BCUT2D eigenvalue weighted by Gasteiger charge is -2.07. The smallest absolute Gasteiger partial charge is 0.409 e. The molecule has 32 heavy (non-hydrogen) atoms. The summed E-state index contributed by atoms with van der Waals surface area (Å²) >= 11 is 0. The molecule has 1 heterocycles. The van der Waals surface area contributed by atoms with Gasteiger partial charge in [0.2, 0.25) is 12.3 Å². The van der Waals surface area contributed by atoms with Crippen LogP contribution in [0.5, 0.6) is 5.75 Å². The molecule has 0 aliphatic heterocycles. The lowest BCUT2D eigenvalue weighted by Crippen LogP contribution is -2.44. The summed E-state index contributed by atoms with van der Waals surface area (Å²) in [5.41, 5.74) is 2.93. The van der Waals surface area contributed by atoms with Crippen LogP contribution in [0.15, 0.2) is 109 Å². The first kappa shape index (κ1) is 19.6. The molecule has 0 bridgehead atoms. The maximum absolute atomic E-state index is 13.4. The summed E-state index contributed by atoms with van der Waals surface area (Å²) in [4.78, 5) is 26.2. The minimum Gasteiger partial charge on any atom is -0.418 e. The summed E-state index contributed by atoms with van der Waals surface area (Å²) in [6, 6.07) is 32.1. The predicted octanol–water partition coefficient (Wildman–Crippen LogP) is 5.33. The van der Waals surface area contributed by atoms with Gasteiger partial charge in [0, 0.05) is 11.6 Å². The number of aromatic nitrogens is 1. The van der Waals surface area contributed by atoms with Gasteiger partial charge in [0.15, 0.2) is 6.20 Å². The lowest BCUT2D eigenvalue weighted by atomic mass is 10.1. The average molecular weight is 418 g/mol. The Morgan fingerprint density at radius 2 is 1.34 bits per heavy atom. The first-order valence-electron chi connectivity index (χ1n) is 10.4. The highest BCUT2D eigenvalue weighted by atomic mass is 16.5. The molecule has 154 valence electrons. The number of hydrogen-bond donors (Lipinski definition) is 0. The van der Waals surface area contributed by atoms with E-state index >= 15 is 0 Å². The molecule has 0 spiro atoms. The summed E-state index contributed by atoms with van der Waals surface area (Å²) in [6.45, 7) is 0.0398. The number of esters is 1. The van der Waals surface area contributed by atoms with Crippen molar-refractivity contribution in [2.75, 3.05) is 0 Å². The van der Waals surface area contributed by atoms with Gasteiger partial charge in [0.25, 0.3) is 5.69 Å². The number of nitrogens with zero attached hydrogens (tertiary/aromatic N) is 1. The third kappa shape index (κ3) is 3.86. The van der Waals surface area contributed by atoms with Gasteiger partial charge < -0.3 is 4.74 Å². The second kappa shape index (κ2) is 8.44. The zero-order valence-electron chi connectivity index (χ0n) is 17.3. The Kier molecular flexibility index (Phi) is 5.18. The molecule has 3 aromatic rings. The van der Waals surface area contributed by atoms with Gasteiger partial charge in [0.1, 0.15) is 5.75 Å². The van der Waals surface area contributed by atoms with E-state index in [1.54, 1.807) is 22.9 Å². The second-order valence-corrected chi connectivity index (χ2v) is 7.57. The van der Waals surface area contributed by atoms with Crippen LogP contribution < -0.4 is 9.30 Å². The standard InChI is InChI=1S/C28H20NO3/c30-26(21-10-3-1-4-11-21)19-29-16-15-20-9-7-8-14-25(20)27(29)28(31)32-24-17-22-12-5-2-6-13-23(22)18-24/h1-18H,19H2/q+1. The van der Waals surface area contributed by atoms with Crippen LogP contribution in [0.2, 0.25) is 0 Å². The maximum Gasteiger partial charge on any atom is 0.409 e. The molecular weight excluding hydrogens is 398 g/mol. The highest BCUT2D eigenvalue weighted by Gasteiger charge is 2.27. The van der Waals surface area contributed by atoms with Crippen LogP contribution in [-0.4, -0.2) is 11.8 Å². The molecule has 0 amide bonds. The molecule has 0 fully saturated rings. The number of hydrogen-bond acceptors (Lipinski definition) is 3. The number of ether oxygens (including phenoxy) is 1. The summed E-state index contributed by atoms with van der Waals surface area (Å²) in [6.07, 6.45) is 1.77. The summed E-state index contributed by atoms with van der Waals surface area (Å²) in [7, 11) is 0. The van der Waals surface area contributed by atoms with Gasteiger partial charge in [-0.1, -0.05) is 78.9 Å². The van der Waals surface area contributed by atoms with E-state index in [0.717, 1.165) is 21.9 Å². The van der Waals surface area contributed by atoms with Crippen molar-refractivity contribution in [2.24, 2.45) is 0 Å². The zero-order chi connectivity index (χ0) is 21.9. The molecule has 0 atom stereocenters. The molecule has 2 aliphatic rings. The SMILES string of the molecule is O=C(C[n+]1ccc2ccccc2c1C(=O)Oc1cc2cccccc-2c1)c1ccccc1. The van der Waals surface area contributed by atoms with E-state index in [0.29, 0.717) is 17.0 Å². The van der Waals surface area contributed by atoms with Crippen LogP contribution in [0.4, 0.5) is 0 Å². The number of pyridine rings is 1. The van der Waals surface area contributed by atoms with Crippen LogP contribution in [0.25, 0.3) is 21.9 Å². The number of rotatable bonds is 5. The molecule has 2 aliphatic carbocycles. The van der Waals surface area contributed by atoms with Crippen molar-refractivity contribution in [3.8, 4) is 16.9 Å². The monoisotopic (exact) mass is 418 g/mol. The van der Waals surface area contributed by atoms with E-state index in [1.165, 1.54) is 0 Å². The summed E-state index contributed by atoms with van der Waals surface area (Å²) < 4.78 is 7.45. The van der Waals surface area contributed by atoms with E-state index < -0.39 is 5.97 Å². The minimum atomic E-state index is -0.498. The topological polar surface area (TPSA) is 47.2 Å². The zero-order valence-corrected chi connectivity index (χ0v) is 17.3. The van der Waals surface area contributed by atoms with Crippen molar-refractivity contribution >= 4 is 22.5 Å². The van der Waals surface area contributed by atoms with E-state index in [9.17, 15) is 9.59 Å². The van der Waals surface area contributed by atoms with E-state index in [-0.39, 0.29) is 12.3 Å². The number of benzene rings is 2. The first-order chi connectivity index (χ1) is 15.7. The average Bonchev–Trinajstić information content (AvgIpc) is 3.06. The van der Waals surface area contributed by atoms with Crippen molar-refractivity contribution < 1.29 is 18.9 Å². The third-order valence-electron chi connectivity index (χ3n) is 5.45. The third-order valence-corrected chi connectivity index (χ3v) is 5.45. The van der Waals surface area contributed by atoms with E-state index in [4.69, 9.17) is 4.74 Å². The molecule has 0 N–H and O–H groups in total. The Morgan fingerprint density at radius 3 is 2.06 bits per heavy atom. The maximum atomic E-state index is 13.4. The quantitative estimate of drug-likeness (QED) is 0.220. The van der Waals surface area contributed by atoms with E-state index in [1.807, 2.05) is 91.0 Å². The van der Waals surface area contributed by atoms with Crippen LogP contribution in [0.3, 0.4) is 0 Å². The van der Waals surface area contributed by atoms with Gasteiger partial charge in [0.05, 0.1) is 5.39 Å². The molecule has 0 saturated heterocycles. The number of fused-ring (bicyclic) bond motifs is 2. The summed E-state index contributed by atoms with van der Waals surface area (Å²) in [5, 5.41) is 1.64. The molecule has 0 saturated carbocycles. The molecule has 4 heteroatoms. The van der Waals surface area contributed by atoms with Gasteiger partial charge in [-0.3, -0.25) is 4.79 Å². The fourth-order valence-corrected chi connectivity index (χ4v) is 3.89. The Hall–Kier alpha value is -4.31. The molecule has 0 radical (unpaired) electrons. The lowest BCUT2D eigenvalue weighted by molar-refractivity contribution is -0.684. The van der Waals surface area contributed by atoms with Crippen molar-refractivity contribution in [1.29, 1.82) is 0 Å². The van der Waals surface area contributed by atoms with Crippen molar-refractivity contribution in [3.63, 3.8) is 0 Å². The number of ketones is 1. The largest absolute Gasteiger partial charge is 0.418 e. The number of carbonyl (C=O) groups excluding carboxylic acids is 2. The van der Waals surface area contributed by atoms with Gasteiger partial charge in [-0.15, -0.1) is 0 Å². The molecule has 1 aromatic heterocycles. The molecule has 2 aromatic carbocycles. The van der Waals surface area contributed by atoms with E-state index in [2.05, 4.69) is 0 Å². The minimum absolute atomic E-state index is 0.0398. The Labute approximate surface area is 185 Å². The van der Waals surface area contributed by atoms with Gasteiger partial charge >= 0.3 is 5.97 Å². The van der Waals surface area contributed by atoms with Crippen LogP contribution in [0, 0.1) is 0 Å². The number of Topliss-reactive ketones (excluding diaryl/α,β-unsaturated/α-hetero) is 1. The first-order valence-corrected chi connectivity index (χ1v) is 10.4. The molecule has 4 nitrogen and oxygen atoms in total. The van der Waals surface area contributed by atoms with Crippen molar-refractivity contribution in [2.45, 2.75) is 6.54 Å². The molecule has 5 rings (SSSR count). The fraction of sp³-hybridized carbons (Fsp3) is 0.0357. The van der Waals surface area contributed by atoms with Gasteiger partial charge in [-0.25, -0.2) is 4.79 Å². The van der Waals surface area contributed by atoms with Gasteiger partial charge in [-0.2, -0.15) is 4.57 Å². The normalized spacial score (nSPS) is 10.9. The predicted molar refractivity (Wildman–Crippen MR) is 123 cm³/mol.